The number of amides is 3. The van der Waals surface area contributed by atoms with E-state index in [1.807, 2.05) is 19.9 Å². The van der Waals surface area contributed by atoms with Gasteiger partial charge in [0.2, 0.25) is 0 Å². The van der Waals surface area contributed by atoms with Gasteiger partial charge in [-0.1, -0.05) is 18.2 Å². The zero-order valence-electron chi connectivity index (χ0n) is 14.5. The highest BCUT2D eigenvalue weighted by Crippen LogP contribution is 2.41. The Bertz CT molecular complexity index is 935. The first-order chi connectivity index (χ1) is 12.4. The number of Topliss-reactive ketones (excluding diaryl/α,β-unsaturated/α-hetero) is 1. The molecular formula is C19H18N2O4S. The first-order valence-electron chi connectivity index (χ1n) is 8.39. The molecule has 1 aromatic carbocycles. The van der Waals surface area contributed by atoms with Crippen molar-refractivity contribution in [1.29, 1.82) is 0 Å². The lowest BCUT2D eigenvalue weighted by molar-refractivity contribution is -0.132. The number of fused-ring (bicyclic) bond motifs is 2. The first-order valence-corrected chi connectivity index (χ1v) is 9.21. The molecule has 2 aliphatic rings. The lowest BCUT2D eigenvalue weighted by atomic mass is 9.84. The number of ketones is 1. The van der Waals surface area contributed by atoms with E-state index in [1.165, 1.54) is 11.3 Å². The molecule has 3 amide bonds. The summed E-state index contributed by atoms with van der Waals surface area (Å²) in [6.07, 6.45) is 0.343. The number of para-hydroxylation sites is 1. The van der Waals surface area contributed by atoms with E-state index >= 15 is 0 Å². The molecule has 2 aliphatic heterocycles. The average Bonchev–Trinajstić information content (AvgIpc) is 3.07. The van der Waals surface area contributed by atoms with Crippen LogP contribution < -0.4 is 10.1 Å². The van der Waals surface area contributed by atoms with Crippen LogP contribution in [0, 0.1) is 13.8 Å². The minimum absolute atomic E-state index is 0.229. The summed E-state index contributed by atoms with van der Waals surface area (Å²) in [4.78, 5) is 41.3. The molecule has 1 saturated heterocycles. The fraction of sp³-hybridized carbons (Fsp3) is 0.316. The summed E-state index contributed by atoms with van der Waals surface area (Å²) >= 11 is 1.53. The molecule has 0 aliphatic carbocycles. The van der Waals surface area contributed by atoms with E-state index in [4.69, 9.17) is 4.74 Å². The maximum Gasteiger partial charge on any atom is 0.325 e. The van der Waals surface area contributed by atoms with Crippen LogP contribution in [0.2, 0.25) is 0 Å². The van der Waals surface area contributed by atoms with Crippen molar-refractivity contribution in [3.05, 3.63) is 51.2 Å². The van der Waals surface area contributed by atoms with E-state index in [0.717, 1.165) is 14.7 Å². The fourth-order valence-corrected chi connectivity index (χ4v) is 4.59. The molecular weight excluding hydrogens is 352 g/mol. The number of hydrogen-bond donors (Lipinski definition) is 1. The number of urea groups is 1. The van der Waals surface area contributed by atoms with Crippen LogP contribution in [0.3, 0.4) is 0 Å². The Morgan fingerprint density at radius 1 is 1.31 bits per heavy atom. The Labute approximate surface area is 154 Å². The summed E-state index contributed by atoms with van der Waals surface area (Å²) < 4.78 is 5.61. The van der Waals surface area contributed by atoms with E-state index in [-0.39, 0.29) is 12.3 Å². The summed E-state index contributed by atoms with van der Waals surface area (Å²) in [5, 5.41) is 2.81. The number of rotatable bonds is 3. The van der Waals surface area contributed by atoms with E-state index < -0.39 is 17.5 Å². The van der Waals surface area contributed by atoms with Crippen LogP contribution in [0.5, 0.6) is 5.75 Å². The number of hydrogen-bond acceptors (Lipinski definition) is 5. The summed E-state index contributed by atoms with van der Waals surface area (Å²) in [5.74, 6) is -0.0335. The largest absolute Gasteiger partial charge is 0.493 e. The molecule has 26 heavy (non-hydrogen) atoms. The normalized spacial score (nSPS) is 21.5. The van der Waals surface area contributed by atoms with Crippen LogP contribution in [-0.2, 0) is 10.3 Å². The van der Waals surface area contributed by atoms with Crippen LogP contribution in [-0.4, -0.2) is 35.8 Å². The number of nitrogens with zero attached hydrogens (tertiary/aromatic N) is 1. The molecule has 7 heteroatoms. The minimum atomic E-state index is -1.15. The molecule has 0 bridgehead atoms. The summed E-state index contributed by atoms with van der Waals surface area (Å²) in [6.45, 7) is 3.86. The Hall–Kier alpha value is -2.67. The summed E-state index contributed by atoms with van der Waals surface area (Å²) in [5.41, 5.74) is 0.0646. The standard InChI is InChI=1S/C19H18N2O4S/c1-11-9-13(12(2)26-11)15(22)10-21-17(23)19(20-18(21)24)7-8-25-16-6-4-3-5-14(16)19/h3-6,9H,7-8,10H2,1-2H3,(H,20,24). The molecule has 0 radical (unpaired) electrons. The zero-order chi connectivity index (χ0) is 18.5. The van der Waals surface area contributed by atoms with Gasteiger partial charge in [-0.05, 0) is 26.0 Å². The second kappa shape index (κ2) is 5.95. The van der Waals surface area contributed by atoms with Crippen LogP contribution in [0.15, 0.2) is 30.3 Å². The zero-order valence-corrected chi connectivity index (χ0v) is 15.3. The smallest absolute Gasteiger partial charge is 0.325 e. The van der Waals surface area contributed by atoms with Gasteiger partial charge < -0.3 is 10.1 Å². The van der Waals surface area contributed by atoms with Crippen molar-refractivity contribution in [1.82, 2.24) is 10.2 Å². The number of thiophene rings is 1. The molecule has 2 aromatic rings. The van der Waals surface area contributed by atoms with Crippen molar-refractivity contribution in [3.8, 4) is 5.75 Å². The molecule has 1 N–H and O–H groups in total. The first kappa shape index (κ1) is 16.8. The predicted octanol–water partition coefficient (Wildman–Crippen LogP) is 2.78. The van der Waals surface area contributed by atoms with Crippen LogP contribution in [0.25, 0.3) is 0 Å². The van der Waals surface area contributed by atoms with Crippen molar-refractivity contribution in [2.45, 2.75) is 25.8 Å². The number of carbonyl (C=O) groups is 3. The van der Waals surface area contributed by atoms with Gasteiger partial charge >= 0.3 is 6.03 Å². The Morgan fingerprint density at radius 2 is 2.08 bits per heavy atom. The summed E-state index contributed by atoms with van der Waals surface area (Å²) in [6, 6.07) is 8.46. The topological polar surface area (TPSA) is 75.7 Å². The van der Waals surface area contributed by atoms with E-state index in [2.05, 4.69) is 5.32 Å². The molecule has 3 heterocycles. The fourth-order valence-electron chi connectivity index (χ4n) is 3.65. The van der Waals surface area contributed by atoms with Crippen LogP contribution in [0.1, 0.15) is 32.1 Å². The van der Waals surface area contributed by atoms with E-state index in [0.29, 0.717) is 29.9 Å². The van der Waals surface area contributed by atoms with Crippen LogP contribution >= 0.6 is 11.3 Å². The average molecular weight is 370 g/mol. The number of nitrogens with one attached hydrogen (secondary N) is 1. The Kier molecular flexibility index (Phi) is 3.84. The molecule has 134 valence electrons. The van der Waals surface area contributed by atoms with Crippen molar-refractivity contribution >= 4 is 29.1 Å². The molecule has 1 unspecified atom stereocenters. The Balaban J connectivity index is 1.65. The van der Waals surface area contributed by atoms with Gasteiger partial charge in [0.1, 0.15) is 5.75 Å². The van der Waals surface area contributed by atoms with Crippen LogP contribution in [0.4, 0.5) is 4.79 Å². The SMILES string of the molecule is Cc1cc(C(=O)CN2C(=O)NC3(CCOc4ccccc43)C2=O)c(C)s1. The third kappa shape index (κ3) is 2.42. The predicted molar refractivity (Wildman–Crippen MR) is 96.6 cm³/mol. The van der Waals surface area contributed by atoms with E-state index in [1.54, 1.807) is 24.3 Å². The molecule has 1 aromatic heterocycles. The number of benzene rings is 1. The van der Waals surface area contributed by atoms with Gasteiger partial charge in [-0.2, -0.15) is 0 Å². The third-order valence-electron chi connectivity index (χ3n) is 4.90. The quantitative estimate of drug-likeness (QED) is 0.666. The number of carbonyl (C=O) groups excluding carboxylic acids is 3. The molecule has 1 atom stereocenters. The van der Waals surface area contributed by atoms with Gasteiger partial charge in [-0.25, -0.2) is 4.79 Å². The van der Waals surface area contributed by atoms with Gasteiger partial charge in [0.25, 0.3) is 5.91 Å². The highest BCUT2D eigenvalue weighted by molar-refractivity contribution is 7.12. The van der Waals surface area contributed by atoms with Gasteiger partial charge in [-0.3, -0.25) is 14.5 Å². The van der Waals surface area contributed by atoms with Crippen molar-refractivity contribution in [2.24, 2.45) is 0 Å². The lowest BCUT2D eigenvalue weighted by Crippen LogP contribution is -2.47. The second-order valence-corrected chi connectivity index (χ2v) is 8.03. The molecule has 0 saturated carbocycles. The highest BCUT2D eigenvalue weighted by atomic mass is 32.1. The molecule has 4 rings (SSSR count). The van der Waals surface area contributed by atoms with Crippen molar-refractivity contribution in [3.63, 3.8) is 0 Å². The van der Waals surface area contributed by atoms with Crippen molar-refractivity contribution in [2.75, 3.05) is 13.2 Å². The van der Waals surface area contributed by atoms with Gasteiger partial charge in [0, 0.05) is 27.3 Å². The second-order valence-electron chi connectivity index (χ2n) is 6.57. The van der Waals surface area contributed by atoms with Gasteiger partial charge in [-0.15, -0.1) is 11.3 Å². The van der Waals surface area contributed by atoms with Gasteiger partial charge in [0.15, 0.2) is 11.3 Å². The molecule has 6 nitrogen and oxygen atoms in total. The molecule has 1 fully saturated rings. The lowest BCUT2D eigenvalue weighted by Gasteiger charge is -2.33. The summed E-state index contributed by atoms with van der Waals surface area (Å²) in [7, 11) is 0. The maximum atomic E-state index is 13.1. The highest BCUT2D eigenvalue weighted by Gasteiger charge is 2.55. The number of imide groups is 1. The number of ether oxygens (including phenoxy) is 1. The van der Waals surface area contributed by atoms with E-state index in [9.17, 15) is 14.4 Å². The minimum Gasteiger partial charge on any atom is -0.493 e. The van der Waals surface area contributed by atoms with Gasteiger partial charge in [0.05, 0.1) is 13.2 Å². The number of aryl methyl sites for hydroxylation is 2. The Morgan fingerprint density at radius 3 is 2.81 bits per heavy atom. The monoisotopic (exact) mass is 370 g/mol. The molecule has 1 spiro atoms. The van der Waals surface area contributed by atoms with Crippen molar-refractivity contribution < 1.29 is 19.1 Å². The maximum absolute atomic E-state index is 13.1. The third-order valence-corrected chi connectivity index (χ3v) is 5.87.